The monoisotopic (exact) mass is 739 g/mol. The van der Waals surface area contributed by atoms with E-state index in [0.717, 1.165) is 28.0 Å². The van der Waals surface area contributed by atoms with Crippen LogP contribution in [0.3, 0.4) is 0 Å². The Hall–Kier alpha value is -4.60. The van der Waals surface area contributed by atoms with Crippen molar-refractivity contribution in [2.24, 2.45) is 5.92 Å². The Morgan fingerprint density at radius 2 is 1.11 bits per heavy atom. The molecule has 3 unspecified atom stereocenters. The van der Waals surface area contributed by atoms with Crippen molar-refractivity contribution in [2.75, 3.05) is 0 Å². The van der Waals surface area contributed by atoms with E-state index in [1.807, 2.05) is 130 Å². The van der Waals surface area contributed by atoms with Crippen LogP contribution in [0.4, 0.5) is 4.79 Å². The van der Waals surface area contributed by atoms with E-state index >= 15 is 0 Å². The highest BCUT2D eigenvalue weighted by Crippen LogP contribution is 2.39. The minimum atomic E-state index is -2.46. The first-order valence-corrected chi connectivity index (χ1v) is 21.3. The largest absolute Gasteiger partial charge is 0.489 e. The van der Waals surface area contributed by atoms with Gasteiger partial charge in [0.15, 0.2) is 8.32 Å². The number of hydrogen-bond acceptors (Lipinski definition) is 6. The molecule has 0 heterocycles. The molecular formula is C44H57NO7Si. The van der Waals surface area contributed by atoms with Crippen LogP contribution in [-0.4, -0.2) is 43.2 Å². The van der Waals surface area contributed by atoms with Crippen molar-refractivity contribution in [3.05, 3.63) is 131 Å². The normalized spacial score (nSPS) is 13.7. The number of nitrogens with one attached hydrogen (secondary N) is 1. The summed E-state index contributed by atoms with van der Waals surface area (Å²) >= 11 is 0. The molecule has 0 fully saturated rings. The van der Waals surface area contributed by atoms with E-state index < -0.39 is 44.0 Å². The third-order valence-corrected chi connectivity index (χ3v) is 14.1. The number of carbonyl (C=O) groups is 2. The van der Waals surface area contributed by atoms with Gasteiger partial charge in [-0.1, -0.05) is 106 Å². The van der Waals surface area contributed by atoms with E-state index in [1.54, 1.807) is 0 Å². The summed E-state index contributed by atoms with van der Waals surface area (Å²) in [5, 5.41) is 13.5. The van der Waals surface area contributed by atoms with E-state index in [-0.39, 0.29) is 17.9 Å². The number of carbonyl (C=O) groups excluding carboxylic acids is 1. The molecule has 3 atom stereocenters. The molecule has 0 saturated carbocycles. The van der Waals surface area contributed by atoms with Crippen molar-refractivity contribution >= 4 is 20.4 Å². The van der Waals surface area contributed by atoms with Crippen LogP contribution < -0.4 is 14.8 Å². The van der Waals surface area contributed by atoms with Crippen molar-refractivity contribution < 1.29 is 33.3 Å². The molecule has 0 aliphatic rings. The van der Waals surface area contributed by atoms with Gasteiger partial charge in [-0.2, -0.15) is 0 Å². The van der Waals surface area contributed by atoms with E-state index in [4.69, 9.17) is 18.6 Å². The molecule has 284 valence electrons. The van der Waals surface area contributed by atoms with Gasteiger partial charge in [-0.15, -0.1) is 0 Å². The highest BCUT2D eigenvalue weighted by Gasteiger charge is 2.42. The average Bonchev–Trinajstić information content (AvgIpc) is 3.09. The number of aliphatic carboxylic acids is 1. The molecule has 0 aromatic heterocycles. The molecule has 0 bridgehead atoms. The fourth-order valence-electron chi connectivity index (χ4n) is 5.60. The van der Waals surface area contributed by atoms with E-state index in [9.17, 15) is 14.7 Å². The summed E-state index contributed by atoms with van der Waals surface area (Å²) in [5.74, 6) is -0.265. The summed E-state index contributed by atoms with van der Waals surface area (Å²) in [6.07, 6.45) is -0.318. The Kier molecular flexibility index (Phi) is 14.3. The first-order valence-electron chi connectivity index (χ1n) is 18.4. The molecule has 0 radical (unpaired) electrons. The van der Waals surface area contributed by atoms with Gasteiger partial charge in [0.25, 0.3) is 0 Å². The van der Waals surface area contributed by atoms with Crippen LogP contribution >= 0.6 is 0 Å². The van der Waals surface area contributed by atoms with Crippen LogP contribution in [0.1, 0.15) is 70.2 Å². The lowest BCUT2D eigenvalue weighted by atomic mass is 9.89. The van der Waals surface area contributed by atoms with Gasteiger partial charge in [-0.25, -0.2) is 4.79 Å². The smallest absolute Gasteiger partial charge is 0.407 e. The summed E-state index contributed by atoms with van der Waals surface area (Å²) in [7, 11) is -2.46. The number of alkyl carbamates (subject to hydrolysis) is 1. The molecule has 2 N–H and O–H groups in total. The lowest BCUT2D eigenvalue weighted by Gasteiger charge is -2.42. The van der Waals surface area contributed by atoms with Gasteiger partial charge in [0, 0.05) is 0 Å². The first-order chi connectivity index (χ1) is 25.0. The van der Waals surface area contributed by atoms with Gasteiger partial charge in [-0.05, 0) is 105 Å². The van der Waals surface area contributed by atoms with Gasteiger partial charge in [0.2, 0.25) is 0 Å². The molecule has 8 nitrogen and oxygen atoms in total. The maximum absolute atomic E-state index is 13.4. The van der Waals surface area contributed by atoms with Crippen LogP contribution in [0.15, 0.2) is 109 Å². The van der Waals surface area contributed by atoms with Crippen LogP contribution in [0.2, 0.25) is 18.1 Å². The van der Waals surface area contributed by atoms with Crippen molar-refractivity contribution in [3.63, 3.8) is 0 Å². The van der Waals surface area contributed by atoms with Gasteiger partial charge in [0.1, 0.15) is 30.3 Å². The number of carboxylic acids is 1. The number of amides is 1. The summed E-state index contributed by atoms with van der Waals surface area (Å²) in [5.41, 5.74) is 3.24. The summed E-state index contributed by atoms with van der Waals surface area (Å²) in [4.78, 5) is 26.3. The predicted octanol–water partition coefficient (Wildman–Crippen LogP) is 10.0. The highest BCUT2D eigenvalue weighted by atomic mass is 28.4. The van der Waals surface area contributed by atoms with Crippen molar-refractivity contribution in [3.8, 4) is 11.5 Å². The van der Waals surface area contributed by atoms with Crippen molar-refractivity contribution in [1.29, 1.82) is 0 Å². The molecule has 0 spiro atoms. The Morgan fingerprint density at radius 3 is 1.53 bits per heavy atom. The predicted molar refractivity (Wildman–Crippen MR) is 213 cm³/mol. The molecule has 0 aliphatic carbocycles. The summed E-state index contributed by atoms with van der Waals surface area (Å²) in [6, 6.07) is 34.7. The standard InChI is InChI=1S/C44H57NO7Si/c1-43(2,3)51-42(48)45-39(28-33-21-25-38(26-22-33)50-31-35-17-13-10-14-18-35)40(52-53(7,8)44(4,5)6)29-36(41(46)47)27-32-19-23-37(24-20-32)49-30-34-15-11-9-12-16-34/h9-26,36,39-40H,27-31H2,1-8H3,(H,45,48)(H,46,47). The Bertz CT molecular complexity index is 1710. The maximum atomic E-state index is 13.4. The highest BCUT2D eigenvalue weighted by molar-refractivity contribution is 6.74. The summed E-state index contributed by atoms with van der Waals surface area (Å²) < 4.78 is 24.7. The fraction of sp³-hybridized carbons (Fsp3) is 0.409. The maximum Gasteiger partial charge on any atom is 0.407 e. The van der Waals surface area contributed by atoms with Gasteiger partial charge >= 0.3 is 12.1 Å². The second-order valence-corrected chi connectivity index (χ2v) is 20.9. The molecule has 4 aromatic rings. The Balaban J connectivity index is 1.58. The Labute approximate surface area is 317 Å². The minimum Gasteiger partial charge on any atom is -0.489 e. The van der Waals surface area contributed by atoms with Gasteiger partial charge < -0.3 is 29.1 Å². The summed E-state index contributed by atoms with van der Waals surface area (Å²) in [6.45, 7) is 17.1. The molecular weight excluding hydrogens is 683 g/mol. The van der Waals surface area contributed by atoms with Crippen LogP contribution in [0, 0.1) is 5.92 Å². The molecule has 9 heteroatoms. The zero-order valence-corrected chi connectivity index (χ0v) is 33.6. The molecule has 53 heavy (non-hydrogen) atoms. The third-order valence-electron chi connectivity index (χ3n) is 9.55. The van der Waals surface area contributed by atoms with Crippen LogP contribution in [0.25, 0.3) is 0 Å². The number of rotatable bonds is 17. The lowest BCUT2D eigenvalue weighted by Crippen LogP contribution is -2.54. The molecule has 4 aromatic carbocycles. The fourth-order valence-corrected chi connectivity index (χ4v) is 6.97. The number of benzene rings is 4. The second kappa shape index (κ2) is 18.4. The van der Waals surface area contributed by atoms with Crippen LogP contribution in [0.5, 0.6) is 11.5 Å². The molecule has 4 rings (SSSR count). The minimum absolute atomic E-state index is 0.159. The first kappa shape index (κ1) is 41.2. The SMILES string of the molecule is CC(C)(C)OC(=O)NC(Cc1ccc(OCc2ccccc2)cc1)C(CC(Cc1ccc(OCc2ccccc2)cc1)C(=O)O)O[Si](C)(C)C(C)(C)C. The number of ether oxygens (including phenoxy) is 3. The third kappa shape index (κ3) is 13.7. The van der Waals surface area contributed by atoms with E-state index in [1.165, 1.54) is 0 Å². The van der Waals surface area contributed by atoms with E-state index in [0.29, 0.717) is 25.4 Å². The molecule has 1 amide bonds. The zero-order valence-electron chi connectivity index (χ0n) is 32.6. The van der Waals surface area contributed by atoms with Crippen molar-refractivity contribution in [1.82, 2.24) is 5.32 Å². The van der Waals surface area contributed by atoms with E-state index in [2.05, 4.69) is 39.2 Å². The van der Waals surface area contributed by atoms with Gasteiger partial charge in [0.05, 0.1) is 18.1 Å². The van der Waals surface area contributed by atoms with Crippen LogP contribution in [-0.2, 0) is 40.0 Å². The zero-order chi connectivity index (χ0) is 38.6. The molecule has 0 saturated heterocycles. The molecule has 0 aliphatic heterocycles. The average molecular weight is 740 g/mol. The second-order valence-electron chi connectivity index (χ2n) is 16.2. The quantitative estimate of drug-likeness (QED) is 0.104. The topological polar surface area (TPSA) is 103 Å². The number of carboxylic acid groups (broad SMARTS) is 1. The number of hydrogen-bond donors (Lipinski definition) is 2. The van der Waals surface area contributed by atoms with Gasteiger partial charge in [-0.3, -0.25) is 4.79 Å². The van der Waals surface area contributed by atoms with Crippen molar-refractivity contribution in [2.45, 2.75) is 110 Å². The Morgan fingerprint density at radius 1 is 0.660 bits per heavy atom. The lowest BCUT2D eigenvalue weighted by molar-refractivity contribution is -0.142.